The van der Waals surface area contributed by atoms with E-state index in [1.54, 1.807) is 0 Å². The van der Waals surface area contributed by atoms with Gasteiger partial charge in [0.2, 0.25) is 0 Å². The summed E-state index contributed by atoms with van der Waals surface area (Å²) in [7, 11) is 0. The third-order valence-corrected chi connectivity index (χ3v) is 6.46. The lowest BCUT2D eigenvalue weighted by molar-refractivity contribution is 0.419. The molecule has 1 unspecified atom stereocenters. The highest BCUT2D eigenvalue weighted by Gasteiger charge is 2.19. The molecule has 4 nitrogen and oxygen atoms in total. The van der Waals surface area contributed by atoms with Gasteiger partial charge in [-0.05, 0) is 46.9 Å². The SMILES string of the molecule is CC(C)c1cc(-c2cc(CC(C)c3ncc(-c4ccccc4C(C)C)o3)ccc2C(C)C)on1. The fraction of sp³-hybridized carbons (Fsp3) is 0.400. The van der Waals surface area contributed by atoms with E-state index in [1.807, 2.05) is 6.20 Å². The van der Waals surface area contributed by atoms with Gasteiger partial charge in [-0.2, -0.15) is 0 Å². The highest BCUT2D eigenvalue weighted by Crippen LogP contribution is 2.34. The molecule has 4 rings (SSSR count). The predicted octanol–water partition coefficient (Wildman–Crippen LogP) is 8.71. The van der Waals surface area contributed by atoms with Crippen molar-refractivity contribution in [1.82, 2.24) is 10.1 Å². The van der Waals surface area contributed by atoms with Crippen molar-refractivity contribution in [2.75, 3.05) is 0 Å². The van der Waals surface area contributed by atoms with E-state index in [1.165, 1.54) is 16.7 Å². The summed E-state index contributed by atoms with van der Waals surface area (Å²) in [5.41, 5.74) is 7.01. The normalized spacial score (nSPS) is 12.8. The van der Waals surface area contributed by atoms with Crippen molar-refractivity contribution in [2.45, 2.75) is 78.6 Å². The second-order valence-electron chi connectivity index (χ2n) is 10.3. The third kappa shape index (κ3) is 5.01. The third-order valence-electron chi connectivity index (χ3n) is 6.46. The van der Waals surface area contributed by atoms with Gasteiger partial charge < -0.3 is 8.94 Å². The average Bonchev–Trinajstić information content (AvgIpc) is 3.49. The zero-order valence-electron chi connectivity index (χ0n) is 21.4. The molecular formula is C30H36N2O2. The lowest BCUT2D eigenvalue weighted by atomic mass is 9.91. The van der Waals surface area contributed by atoms with E-state index in [4.69, 9.17) is 8.94 Å². The summed E-state index contributed by atoms with van der Waals surface area (Å²) in [5.74, 6) is 3.75. The average molecular weight is 457 g/mol. The van der Waals surface area contributed by atoms with Crippen LogP contribution < -0.4 is 0 Å². The van der Waals surface area contributed by atoms with Crippen LogP contribution in [0.4, 0.5) is 0 Å². The molecule has 178 valence electrons. The van der Waals surface area contributed by atoms with E-state index in [2.05, 4.69) is 107 Å². The van der Waals surface area contributed by atoms with Crippen molar-refractivity contribution in [3.8, 4) is 22.6 Å². The van der Waals surface area contributed by atoms with Crippen LogP contribution >= 0.6 is 0 Å². The fourth-order valence-electron chi connectivity index (χ4n) is 4.44. The lowest BCUT2D eigenvalue weighted by Gasteiger charge is -2.14. The Balaban J connectivity index is 1.60. The summed E-state index contributed by atoms with van der Waals surface area (Å²) in [6, 6.07) is 17.2. The molecular weight excluding hydrogens is 420 g/mol. The van der Waals surface area contributed by atoms with Gasteiger partial charge in [0, 0.05) is 23.1 Å². The standard InChI is InChI=1S/C30H36N2O2/c1-18(2)23-10-8-9-11-25(23)29-17-31-30(33-29)21(7)14-22-12-13-24(19(3)4)26(15-22)28-16-27(20(5)6)32-34-28/h8-13,15-21H,14H2,1-7H3. The Kier molecular flexibility index (Phi) is 7.06. The molecule has 1 atom stereocenters. The van der Waals surface area contributed by atoms with Gasteiger partial charge in [-0.15, -0.1) is 0 Å². The molecule has 0 saturated carbocycles. The largest absolute Gasteiger partial charge is 0.440 e. The van der Waals surface area contributed by atoms with Crippen LogP contribution in [0.5, 0.6) is 0 Å². The highest BCUT2D eigenvalue weighted by molar-refractivity contribution is 5.65. The number of hydrogen-bond acceptors (Lipinski definition) is 4. The summed E-state index contributed by atoms with van der Waals surface area (Å²) >= 11 is 0. The van der Waals surface area contributed by atoms with Crippen LogP contribution in [0, 0.1) is 0 Å². The maximum absolute atomic E-state index is 6.26. The Morgan fingerprint density at radius 1 is 0.735 bits per heavy atom. The van der Waals surface area contributed by atoms with Crippen molar-refractivity contribution in [2.24, 2.45) is 0 Å². The van der Waals surface area contributed by atoms with Crippen LogP contribution in [0.2, 0.25) is 0 Å². The molecule has 0 aliphatic rings. The zero-order valence-corrected chi connectivity index (χ0v) is 21.4. The molecule has 0 radical (unpaired) electrons. The molecule has 0 amide bonds. The molecule has 0 spiro atoms. The van der Waals surface area contributed by atoms with Crippen molar-refractivity contribution in [1.29, 1.82) is 0 Å². The number of hydrogen-bond donors (Lipinski definition) is 0. The molecule has 0 fully saturated rings. The molecule has 4 heteroatoms. The maximum atomic E-state index is 6.26. The molecule has 2 aromatic heterocycles. The van der Waals surface area contributed by atoms with Gasteiger partial charge in [0.15, 0.2) is 17.4 Å². The van der Waals surface area contributed by atoms with Gasteiger partial charge in [-0.3, -0.25) is 0 Å². The maximum Gasteiger partial charge on any atom is 0.198 e. The minimum absolute atomic E-state index is 0.152. The van der Waals surface area contributed by atoms with Crippen molar-refractivity contribution in [3.63, 3.8) is 0 Å². The Morgan fingerprint density at radius 3 is 2.12 bits per heavy atom. The van der Waals surface area contributed by atoms with Crippen molar-refractivity contribution < 1.29 is 8.94 Å². The first-order valence-electron chi connectivity index (χ1n) is 12.4. The number of aromatic nitrogens is 2. The van der Waals surface area contributed by atoms with Crippen LogP contribution in [0.25, 0.3) is 22.6 Å². The minimum atomic E-state index is 0.152. The van der Waals surface area contributed by atoms with Crippen LogP contribution in [-0.4, -0.2) is 10.1 Å². The molecule has 2 aromatic carbocycles. The molecule has 2 heterocycles. The van der Waals surface area contributed by atoms with Crippen molar-refractivity contribution >= 4 is 0 Å². The quantitative estimate of drug-likeness (QED) is 0.266. The zero-order chi connectivity index (χ0) is 24.4. The lowest BCUT2D eigenvalue weighted by Crippen LogP contribution is -2.01. The van der Waals surface area contributed by atoms with Gasteiger partial charge in [0.1, 0.15) is 0 Å². The van der Waals surface area contributed by atoms with Crippen molar-refractivity contribution in [3.05, 3.63) is 83.0 Å². The fourth-order valence-corrected chi connectivity index (χ4v) is 4.44. The molecule has 0 N–H and O–H groups in total. The smallest absolute Gasteiger partial charge is 0.198 e. The Labute approximate surface area is 203 Å². The van der Waals surface area contributed by atoms with Crippen LogP contribution in [0.3, 0.4) is 0 Å². The van der Waals surface area contributed by atoms with Gasteiger partial charge in [-0.1, -0.05) is 90.0 Å². The van der Waals surface area contributed by atoms with E-state index in [0.717, 1.165) is 40.7 Å². The summed E-state index contributed by atoms with van der Waals surface area (Å²) < 4.78 is 12.0. The van der Waals surface area contributed by atoms with E-state index in [9.17, 15) is 0 Å². The monoisotopic (exact) mass is 456 g/mol. The number of oxazole rings is 1. The molecule has 4 aromatic rings. The molecule has 0 aliphatic carbocycles. The first-order chi connectivity index (χ1) is 16.2. The van der Waals surface area contributed by atoms with Gasteiger partial charge in [0.05, 0.1) is 11.9 Å². The second kappa shape index (κ2) is 10.0. The van der Waals surface area contributed by atoms with Crippen LogP contribution in [-0.2, 0) is 6.42 Å². The van der Waals surface area contributed by atoms with E-state index < -0.39 is 0 Å². The molecule has 34 heavy (non-hydrogen) atoms. The first kappa shape index (κ1) is 24.0. The van der Waals surface area contributed by atoms with Gasteiger partial charge in [0.25, 0.3) is 0 Å². The summed E-state index contributed by atoms with van der Waals surface area (Å²) in [4.78, 5) is 4.64. The number of benzene rings is 2. The molecule has 0 saturated heterocycles. The van der Waals surface area contributed by atoms with Gasteiger partial charge >= 0.3 is 0 Å². The van der Waals surface area contributed by atoms with Crippen LogP contribution in [0.1, 0.15) is 100 Å². The van der Waals surface area contributed by atoms with E-state index in [0.29, 0.717) is 17.8 Å². The van der Waals surface area contributed by atoms with E-state index in [-0.39, 0.29) is 5.92 Å². The minimum Gasteiger partial charge on any atom is -0.440 e. The predicted molar refractivity (Wildman–Crippen MR) is 138 cm³/mol. The summed E-state index contributed by atoms with van der Waals surface area (Å²) in [6.07, 6.45) is 2.70. The molecule has 0 aliphatic heterocycles. The number of rotatable bonds is 8. The summed E-state index contributed by atoms with van der Waals surface area (Å²) in [6.45, 7) is 15.3. The number of nitrogens with zero attached hydrogens (tertiary/aromatic N) is 2. The first-order valence-corrected chi connectivity index (χ1v) is 12.4. The second-order valence-corrected chi connectivity index (χ2v) is 10.3. The molecule has 0 bridgehead atoms. The topological polar surface area (TPSA) is 52.1 Å². The van der Waals surface area contributed by atoms with E-state index >= 15 is 0 Å². The Bertz CT molecular complexity index is 1250. The highest BCUT2D eigenvalue weighted by atomic mass is 16.5. The summed E-state index contributed by atoms with van der Waals surface area (Å²) in [5, 5.41) is 4.28. The Morgan fingerprint density at radius 2 is 1.44 bits per heavy atom. The van der Waals surface area contributed by atoms with Gasteiger partial charge in [-0.25, -0.2) is 4.98 Å². The Hall–Kier alpha value is -3.14. The van der Waals surface area contributed by atoms with Crippen LogP contribution in [0.15, 0.2) is 63.7 Å².